The van der Waals surface area contributed by atoms with Crippen molar-refractivity contribution in [3.8, 4) is 11.1 Å². The Morgan fingerprint density at radius 1 is 0.786 bits per heavy atom. The van der Waals surface area contributed by atoms with Crippen LogP contribution in [0.1, 0.15) is 128 Å². The maximum Gasteiger partial charge on any atom is 0.331 e. The molecule has 0 saturated carbocycles. The number of fused-ring (bicyclic) bond motifs is 3. The minimum Gasteiger partial charge on any atom is -0.318 e. The maximum absolute atomic E-state index is 12.4. The lowest BCUT2D eigenvalue weighted by Gasteiger charge is -2.22. The molecule has 0 heterocycles. The number of oxime groups is 2. The third-order valence-electron chi connectivity index (χ3n) is 7.72. The number of rotatable bonds is 15. The van der Waals surface area contributed by atoms with Crippen LogP contribution in [-0.2, 0) is 24.7 Å². The molecular formula is C33H43N3O6. The van der Waals surface area contributed by atoms with Gasteiger partial charge in [0.1, 0.15) is 0 Å². The number of hydrogen-bond acceptors (Lipinski definition) is 8. The molecule has 3 rings (SSSR count). The lowest BCUT2D eigenvalue weighted by atomic mass is 9.80. The molecule has 0 amide bonds. The van der Waals surface area contributed by atoms with Crippen LogP contribution in [0.4, 0.5) is 5.69 Å². The topological polar surface area (TPSA) is 120 Å². The molecular weight excluding hydrogens is 534 g/mol. The first-order valence-electron chi connectivity index (χ1n) is 15.0. The molecule has 0 unspecified atom stereocenters. The second-order valence-corrected chi connectivity index (χ2v) is 11.4. The van der Waals surface area contributed by atoms with Crippen LogP contribution in [-0.4, -0.2) is 28.3 Å². The van der Waals surface area contributed by atoms with Gasteiger partial charge in [0.15, 0.2) is 0 Å². The molecule has 9 heteroatoms. The normalized spacial score (nSPS) is 13.9. The van der Waals surface area contributed by atoms with E-state index < -0.39 is 17.4 Å². The number of hydrogen-bond donors (Lipinski definition) is 0. The van der Waals surface area contributed by atoms with E-state index in [0.717, 1.165) is 73.6 Å². The largest absolute Gasteiger partial charge is 0.331 e. The predicted molar refractivity (Wildman–Crippen MR) is 165 cm³/mol. The van der Waals surface area contributed by atoms with Crippen molar-refractivity contribution in [1.82, 2.24) is 0 Å². The summed E-state index contributed by atoms with van der Waals surface area (Å²) in [6.07, 6.45) is 9.31. The van der Waals surface area contributed by atoms with Gasteiger partial charge in [-0.15, -0.1) is 0 Å². The Bertz CT molecular complexity index is 1380. The summed E-state index contributed by atoms with van der Waals surface area (Å²) in [4.78, 5) is 45.2. The predicted octanol–water partition coefficient (Wildman–Crippen LogP) is 8.38. The van der Waals surface area contributed by atoms with Crippen LogP contribution in [0.2, 0.25) is 0 Å². The molecule has 0 aromatic heterocycles. The summed E-state index contributed by atoms with van der Waals surface area (Å²) < 4.78 is 0. The first kappa shape index (κ1) is 32.6. The minimum atomic E-state index is -0.578. The Balaban J connectivity index is 2.11. The van der Waals surface area contributed by atoms with E-state index in [0.29, 0.717) is 35.4 Å². The highest BCUT2D eigenvalue weighted by molar-refractivity contribution is 6.04. The fraction of sp³-hybridized carbons (Fsp3) is 0.515. The Morgan fingerprint density at radius 3 is 1.81 bits per heavy atom. The second kappa shape index (κ2) is 14.8. The molecule has 42 heavy (non-hydrogen) atoms. The number of nitrogens with zero attached hydrogens (tertiary/aromatic N) is 3. The van der Waals surface area contributed by atoms with E-state index in [2.05, 4.69) is 24.2 Å². The van der Waals surface area contributed by atoms with Crippen molar-refractivity contribution in [2.45, 2.75) is 111 Å². The standard InChI is InChI=1S/C33H43N3O6/c1-7-9-11-13-15-29(34-41-22(3)37)24-17-18-26-27(19-24)33(5,6)28-20-25(21-31(32(26)28)36(39)40)30(35-42-23(4)38)16-14-12-10-8-2/h17-21H,7-16H2,1-6H3/b34-29+,35-30+. The monoisotopic (exact) mass is 577 g/mol. The Morgan fingerprint density at radius 2 is 1.31 bits per heavy atom. The Kier molecular flexibility index (Phi) is 11.5. The number of nitro benzene ring substituents is 1. The van der Waals surface area contributed by atoms with Gasteiger partial charge in [-0.1, -0.05) is 88.7 Å². The molecule has 0 spiro atoms. The first-order chi connectivity index (χ1) is 20.0. The van der Waals surface area contributed by atoms with Crippen molar-refractivity contribution in [1.29, 1.82) is 0 Å². The summed E-state index contributed by atoms with van der Waals surface area (Å²) in [6, 6.07) is 9.30. The summed E-state index contributed by atoms with van der Waals surface area (Å²) in [7, 11) is 0. The van der Waals surface area contributed by atoms with Gasteiger partial charge in [0.2, 0.25) is 0 Å². The van der Waals surface area contributed by atoms with Gasteiger partial charge in [-0.25, -0.2) is 9.59 Å². The van der Waals surface area contributed by atoms with Crippen LogP contribution >= 0.6 is 0 Å². The maximum atomic E-state index is 12.4. The van der Waals surface area contributed by atoms with E-state index in [1.165, 1.54) is 13.8 Å². The first-order valence-corrected chi connectivity index (χ1v) is 15.0. The summed E-state index contributed by atoms with van der Waals surface area (Å²) in [5.74, 6) is -1.03. The number of benzene rings is 2. The fourth-order valence-electron chi connectivity index (χ4n) is 5.48. The molecule has 2 aromatic carbocycles. The molecule has 0 fully saturated rings. The fourth-order valence-corrected chi connectivity index (χ4v) is 5.48. The molecule has 1 aliphatic carbocycles. The Hall–Kier alpha value is -3.88. The third-order valence-corrected chi connectivity index (χ3v) is 7.72. The van der Waals surface area contributed by atoms with Crippen molar-refractivity contribution in [3.05, 3.63) is 62.7 Å². The molecule has 0 saturated heterocycles. The highest BCUT2D eigenvalue weighted by Gasteiger charge is 2.41. The van der Waals surface area contributed by atoms with Crippen molar-refractivity contribution >= 4 is 29.0 Å². The molecule has 0 radical (unpaired) electrons. The second-order valence-electron chi connectivity index (χ2n) is 11.4. The van der Waals surface area contributed by atoms with Gasteiger partial charge in [-0.2, -0.15) is 0 Å². The van der Waals surface area contributed by atoms with Gasteiger partial charge < -0.3 is 9.68 Å². The number of unbranched alkanes of at least 4 members (excludes halogenated alkanes) is 6. The van der Waals surface area contributed by atoms with Crippen molar-refractivity contribution in [3.63, 3.8) is 0 Å². The summed E-state index contributed by atoms with van der Waals surface area (Å²) in [5.41, 5.74) is 5.10. The van der Waals surface area contributed by atoms with Crippen molar-refractivity contribution in [2.24, 2.45) is 10.3 Å². The van der Waals surface area contributed by atoms with Crippen molar-refractivity contribution in [2.75, 3.05) is 0 Å². The number of nitro groups is 1. The van der Waals surface area contributed by atoms with E-state index >= 15 is 0 Å². The zero-order chi connectivity index (χ0) is 30.9. The summed E-state index contributed by atoms with van der Waals surface area (Å²) >= 11 is 0. The molecule has 0 aliphatic heterocycles. The van der Waals surface area contributed by atoms with Crippen LogP contribution in [0.3, 0.4) is 0 Å². The molecule has 2 aromatic rings. The van der Waals surface area contributed by atoms with Gasteiger partial charge >= 0.3 is 11.9 Å². The average molecular weight is 578 g/mol. The molecule has 0 bridgehead atoms. The van der Waals surface area contributed by atoms with Crippen LogP contribution in [0.5, 0.6) is 0 Å². The smallest absolute Gasteiger partial charge is 0.318 e. The molecule has 0 atom stereocenters. The van der Waals surface area contributed by atoms with E-state index in [4.69, 9.17) is 9.68 Å². The quantitative estimate of drug-likeness (QED) is 0.0689. The number of carbonyl (C=O) groups excluding carboxylic acids is 2. The van der Waals surface area contributed by atoms with Gasteiger partial charge in [-0.3, -0.25) is 10.1 Å². The molecule has 0 N–H and O–H groups in total. The van der Waals surface area contributed by atoms with Crippen LogP contribution in [0.25, 0.3) is 11.1 Å². The lowest BCUT2D eigenvalue weighted by molar-refractivity contribution is -0.384. The van der Waals surface area contributed by atoms with Crippen molar-refractivity contribution < 1.29 is 24.2 Å². The van der Waals surface area contributed by atoms with Gasteiger partial charge in [0.05, 0.1) is 21.9 Å². The summed E-state index contributed by atoms with van der Waals surface area (Å²) in [6.45, 7) is 11.0. The zero-order valence-electron chi connectivity index (χ0n) is 25.7. The van der Waals surface area contributed by atoms with Crippen LogP contribution in [0, 0.1) is 10.1 Å². The van der Waals surface area contributed by atoms with E-state index in [1.807, 2.05) is 38.1 Å². The molecule has 1 aliphatic rings. The average Bonchev–Trinajstić information content (AvgIpc) is 3.17. The minimum absolute atomic E-state index is 0.0143. The molecule has 9 nitrogen and oxygen atoms in total. The summed E-state index contributed by atoms with van der Waals surface area (Å²) in [5, 5.41) is 20.7. The molecule has 226 valence electrons. The van der Waals surface area contributed by atoms with E-state index in [-0.39, 0.29) is 10.6 Å². The highest BCUT2D eigenvalue weighted by atomic mass is 16.7. The zero-order valence-corrected chi connectivity index (χ0v) is 25.7. The highest BCUT2D eigenvalue weighted by Crippen LogP contribution is 2.53. The van der Waals surface area contributed by atoms with Crippen LogP contribution < -0.4 is 0 Å². The lowest BCUT2D eigenvalue weighted by Crippen LogP contribution is -2.17. The van der Waals surface area contributed by atoms with E-state index in [9.17, 15) is 19.7 Å². The Labute approximate surface area is 248 Å². The third kappa shape index (κ3) is 7.89. The van der Waals surface area contributed by atoms with Gasteiger partial charge in [0.25, 0.3) is 5.69 Å². The van der Waals surface area contributed by atoms with Gasteiger partial charge in [0, 0.05) is 30.9 Å². The van der Waals surface area contributed by atoms with E-state index in [1.54, 1.807) is 6.07 Å². The van der Waals surface area contributed by atoms with Crippen LogP contribution in [0.15, 0.2) is 40.6 Å². The SMILES string of the molecule is CCCCCC/C(=N\OC(C)=O)c1ccc2c(c1)C(C)(C)c1cc(/C(CCCCCC)=N/OC(C)=O)cc([N+](=O)[O-])c1-2. The number of carbonyl (C=O) groups is 2. The van der Waals surface area contributed by atoms with Gasteiger partial charge in [-0.05, 0) is 60.1 Å².